The summed E-state index contributed by atoms with van der Waals surface area (Å²) in [7, 11) is 2.01. The lowest BCUT2D eigenvalue weighted by Gasteiger charge is -2.23. The lowest BCUT2D eigenvalue weighted by atomic mass is 9.84. The minimum Gasteiger partial charge on any atom is -0.320 e. The van der Waals surface area contributed by atoms with Gasteiger partial charge in [-0.25, -0.2) is 0 Å². The van der Waals surface area contributed by atoms with Gasteiger partial charge in [0.25, 0.3) is 0 Å². The summed E-state index contributed by atoms with van der Waals surface area (Å²) in [6.07, 6.45) is 2.19. The fourth-order valence-electron chi connectivity index (χ4n) is 2.57. The Balaban J connectivity index is 2.30. The third kappa shape index (κ3) is 3.16. The Bertz CT molecular complexity index is 540. The summed E-state index contributed by atoms with van der Waals surface area (Å²) in [5.74, 6) is 0. The summed E-state index contributed by atoms with van der Waals surface area (Å²) in [6.45, 7) is 8.78. The third-order valence-corrected chi connectivity index (χ3v) is 3.73. The maximum absolute atomic E-state index is 4.80. The first-order valence-electron chi connectivity index (χ1n) is 7.16. The van der Waals surface area contributed by atoms with Crippen molar-refractivity contribution in [2.45, 2.75) is 40.2 Å². The van der Waals surface area contributed by atoms with E-state index in [1.54, 1.807) is 0 Å². The maximum atomic E-state index is 4.80. The summed E-state index contributed by atoms with van der Waals surface area (Å²) in [6, 6.07) is 8.55. The molecule has 104 valence electrons. The van der Waals surface area contributed by atoms with Gasteiger partial charge >= 0.3 is 0 Å². The van der Waals surface area contributed by atoms with Gasteiger partial charge in [0.2, 0.25) is 0 Å². The molecule has 3 nitrogen and oxygen atoms in total. The molecule has 2 aromatic rings. The van der Waals surface area contributed by atoms with Crippen LogP contribution in [-0.2, 0) is 13.0 Å². The van der Waals surface area contributed by atoms with E-state index in [-0.39, 0.29) is 5.41 Å². The van der Waals surface area contributed by atoms with Crippen LogP contribution in [-0.4, -0.2) is 23.4 Å². The molecule has 0 saturated carbocycles. The van der Waals surface area contributed by atoms with Gasteiger partial charge in [-0.3, -0.25) is 4.68 Å². The normalized spacial score (nSPS) is 12.2. The fraction of sp³-hybridized carbons (Fsp3) is 0.562. The van der Waals surface area contributed by atoms with Gasteiger partial charge in [0.15, 0.2) is 0 Å². The van der Waals surface area contributed by atoms with E-state index in [0.717, 1.165) is 25.9 Å². The number of aryl methyl sites for hydroxylation is 1. The van der Waals surface area contributed by atoms with Crippen molar-refractivity contribution in [2.75, 3.05) is 13.6 Å². The molecule has 1 aromatic heterocycles. The first-order chi connectivity index (χ1) is 9.07. The van der Waals surface area contributed by atoms with Crippen LogP contribution in [0.15, 0.2) is 24.3 Å². The van der Waals surface area contributed by atoms with Crippen LogP contribution in [0.5, 0.6) is 0 Å². The molecule has 0 spiro atoms. The summed E-state index contributed by atoms with van der Waals surface area (Å²) < 4.78 is 2.11. The first-order valence-corrected chi connectivity index (χ1v) is 7.16. The molecule has 0 fully saturated rings. The van der Waals surface area contributed by atoms with Crippen molar-refractivity contribution < 1.29 is 0 Å². The molecule has 3 heteroatoms. The number of nitrogens with one attached hydrogen (secondary N) is 1. The van der Waals surface area contributed by atoms with Crippen LogP contribution < -0.4 is 5.32 Å². The van der Waals surface area contributed by atoms with Gasteiger partial charge < -0.3 is 5.32 Å². The smallest absolute Gasteiger partial charge is 0.0708 e. The van der Waals surface area contributed by atoms with Crippen molar-refractivity contribution in [3.05, 3.63) is 30.0 Å². The molecule has 0 aliphatic heterocycles. The van der Waals surface area contributed by atoms with E-state index in [9.17, 15) is 0 Å². The second-order valence-corrected chi connectivity index (χ2v) is 5.97. The highest BCUT2D eigenvalue weighted by atomic mass is 15.3. The number of benzene rings is 1. The largest absolute Gasteiger partial charge is 0.320 e. The van der Waals surface area contributed by atoms with E-state index in [1.807, 2.05) is 7.05 Å². The topological polar surface area (TPSA) is 29.9 Å². The van der Waals surface area contributed by atoms with E-state index >= 15 is 0 Å². The summed E-state index contributed by atoms with van der Waals surface area (Å²) >= 11 is 0. The maximum Gasteiger partial charge on any atom is 0.0708 e. The van der Waals surface area contributed by atoms with Crippen LogP contribution in [0.1, 0.15) is 32.9 Å². The standard InChI is InChI=1S/C16H25N3/c1-5-19-15-9-7-6-8-13(15)14(18-19)12-16(2,3)10-11-17-4/h6-9,17H,5,10-12H2,1-4H3. The van der Waals surface area contributed by atoms with Crippen molar-refractivity contribution in [2.24, 2.45) is 5.41 Å². The van der Waals surface area contributed by atoms with Gasteiger partial charge in [-0.05, 0) is 44.8 Å². The minimum absolute atomic E-state index is 0.276. The molecule has 1 N–H and O–H groups in total. The third-order valence-electron chi connectivity index (χ3n) is 3.73. The molecule has 0 atom stereocenters. The molecule has 0 unspecified atom stereocenters. The lowest BCUT2D eigenvalue weighted by molar-refractivity contribution is 0.326. The second-order valence-electron chi connectivity index (χ2n) is 5.97. The Morgan fingerprint density at radius 1 is 1.26 bits per heavy atom. The predicted molar refractivity (Wildman–Crippen MR) is 81.4 cm³/mol. The SMILES string of the molecule is CCn1nc(CC(C)(C)CCNC)c2ccccc21. The molecule has 1 aromatic carbocycles. The Hall–Kier alpha value is -1.35. The molecule has 0 radical (unpaired) electrons. The Kier molecular flexibility index (Phi) is 4.25. The molecular weight excluding hydrogens is 234 g/mol. The summed E-state index contributed by atoms with van der Waals surface area (Å²) in [5.41, 5.74) is 2.77. The van der Waals surface area contributed by atoms with Gasteiger partial charge in [-0.2, -0.15) is 5.10 Å². The number of rotatable bonds is 6. The van der Waals surface area contributed by atoms with Gasteiger partial charge in [0, 0.05) is 11.9 Å². The second kappa shape index (κ2) is 5.74. The molecule has 2 rings (SSSR count). The molecule has 0 saturated heterocycles. The average Bonchev–Trinajstić information content (AvgIpc) is 2.74. The van der Waals surface area contributed by atoms with E-state index in [1.165, 1.54) is 16.6 Å². The number of nitrogens with zero attached hydrogens (tertiary/aromatic N) is 2. The lowest BCUT2D eigenvalue weighted by Crippen LogP contribution is -2.22. The van der Waals surface area contributed by atoms with Crippen LogP contribution in [0, 0.1) is 5.41 Å². The van der Waals surface area contributed by atoms with E-state index in [0.29, 0.717) is 0 Å². The van der Waals surface area contributed by atoms with Gasteiger partial charge in [0.1, 0.15) is 0 Å². The van der Waals surface area contributed by atoms with Gasteiger partial charge in [0.05, 0.1) is 11.2 Å². The van der Waals surface area contributed by atoms with E-state index < -0.39 is 0 Å². The van der Waals surface area contributed by atoms with Crippen molar-refractivity contribution in [3.63, 3.8) is 0 Å². The Morgan fingerprint density at radius 2 is 2.00 bits per heavy atom. The zero-order chi connectivity index (χ0) is 13.9. The van der Waals surface area contributed by atoms with Crippen LogP contribution >= 0.6 is 0 Å². The quantitative estimate of drug-likeness (QED) is 0.863. The highest BCUT2D eigenvalue weighted by Crippen LogP contribution is 2.29. The van der Waals surface area contributed by atoms with Crippen LogP contribution in [0.4, 0.5) is 0 Å². The van der Waals surface area contributed by atoms with Gasteiger partial charge in [-0.15, -0.1) is 0 Å². The van der Waals surface area contributed by atoms with Crippen molar-refractivity contribution >= 4 is 10.9 Å². The number of para-hydroxylation sites is 1. The molecule has 0 amide bonds. The van der Waals surface area contributed by atoms with Crippen LogP contribution in [0.3, 0.4) is 0 Å². The van der Waals surface area contributed by atoms with E-state index in [2.05, 4.69) is 55.0 Å². The molecule has 0 bridgehead atoms. The minimum atomic E-state index is 0.276. The van der Waals surface area contributed by atoms with Crippen LogP contribution in [0.25, 0.3) is 10.9 Å². The van der Waals surface area contributed by atoms with Crippen molar-refractivity contribution in [1.29, 1.82) is 0 Å². The van der Waals surface area contributed by atoms with Crippen molar-refractivity contribution in [3.8, 4) is 0 Å². The monoisotopic (exact) mass is 259 g/mol. The number of aromatic nitrogens is 2. The average molecular weight is 259 g/mol. The Morgan fingerprint density at radius 3 is 2.68 bits per heavy atom. The fourth-order valence-corrected chi connectivity index (χ4v) is 2.57. The Labute approximate surface area is 116 Å². The first kappa shape index (κ1) is 14.1. The summed E-state index contributed by atoms with van der Waals surface area (Å²) in [4.78, 5) is 0. The molecule has 0 aliphatic carbocycles. The molecular formula is C16H25N3. The zero-order valence-corrected chi connectivity index (χ0v) is 12.5. The zero-order valence-electron chi connectivity index (χ0n) is 12.5. The highest BCUT2D eigenvalue weighted by molar-refractivity contribution is 5.82. The summed E-state index contributed by atoms with van der Waals surface area (Å²) in [5, 5.41) is 9.34. The number of hydrogen-bond donors (Lipinski definition) is 1. The van der Waals surface area contributed by atoms with Crippen LogP contribution in [0.2, 0.25) is 0 Å². The van der Waals surface area contributed by atoms with Gasteiger partial charge in [-0.1, -0.05) is 32.0 Å². The van der Waals surface area contributed by atoms with Crippen molar-refractivity contribution in [1.82, 2.24) is 15.1 Å². The molecule has 1 heterocycles. The van der Waals surface area contributed by atoms with E-state index in [4.69, 9.17) is 5.10 Å². The highest BCUT2D eigenvalue weighted by Gasteiger charge is 2.21. The molecule has 19 heavy (non-hydrogen) atoms. The molecule has 0 aliphatic rings. The predicted octanol–water partition coefficient (Wildman–Crippen LogP) is 3.23. The number of hydrogen-bond acceptors (Lipinski definition) is 2. The number of fused-ring (bicyclic) bond motifs is 1.